The van der Waals surface area contributed by atoms with Crippen molar-refractivity contribution in [3.05, 3.63) is 46.4 Å². The van der Waals surface area contributed by atoms with Crippen LogP contribution in [0.2, 0.25) is 0 Å². The average Bonchev–Trinajstić information content (AvgIpc) is 3.10. The van der Waals surface area contributed by atoms with E-state index in [4.69, 9.17) is 10.5 Å². The summed E-state index contributed by atoms with van der Waals surface area (Å²) in [7, 11) is 1.59. The number of Topliss-reactive ketones (excluding diaryl/α,β-unsaturated/α-hetero) is 1. The van der Waals surface area contributed by atoms with Crippen LogP contribution < -0.4 is 10.5 Å². The van der Waals surface area contributed by atoms with Crippen LogP contribution in [0.15, 0.2) is 23.7 Å². The average molecular weight is 367 g/mol. The molecule has 0 aliphatic heterocycles. The lowest BCUT2D eigenvalue weighted by Crippen LogP contribution is -2.23. The van der Waals surface area contributed by atoms with Crippen molar-refractivity contribution in [1.29, 1.82) is 0 Å². The van der Waals surface area contributed by atoms with E-state index in [1.54, 1.807) is 25.6 Å². The minimum absolute atomic E-state index is 0.0336. The maximum Gasteiger partial charge on any atom is 0.220 e. The van der Waals surface area contributed by atoms with Gasteiger partial charge in [0.15, 0.2) is 5.78 Å². The monoisotopic (exact) mass is 367 g/mol. The second-order valence-corrected chi connectivity index (χ2v) is 7.00. The van der Waals surface area contributed by atoms with E-state index in [0.29, 0.717) is 35.7 Å². The molecule has 0 radical (unpaired) electrons. The smallest absolute Gasteiger partial charge is 0.220 e. The molecule has 0 bridgehead atoms. The molecule has 4 rings (SSSR count). The van der Waals surface area contributed by atoms with E-state index < -0.39 is 0 Å². The van der Waals surface area contributed by atoms with Crippen molar-refractivity contribution in [1.82, 2.24) is 19.9 Å². The third kappa shape index (κ3) is 2.82. The Morgan fingerprint density at radius 2 is 2.08 bits per heavy atom. The third-order valence-corrected chi connectivity index (χ3v) is 5.34. The predicted molar refractivity (Wildman–Crippen MR) is 98.5 cm³/mol. The molecule has 26 heavy (non-hydrogen) atoms. The predicted octanol–water partition coefficient (Wildman–Crippen LogP) is 2.81. The van der Waals surface area contributed by atoms with Crippen molar-refractivity contribution in [3.63, 3.8) is 0 Å². The highest BCUT2D eigenvalue weighted by Crippen LogP contribution is 2.38. The molecule has 0 saturated carbocycles. The molecule has 7 nitrogen and oxygen atoms in total. The maximum atomic E-state index is 12.7. The van der Waals surface area contributed by atoms with Crippen LogP contribution in [0.4, 0.5) is 5.95 Å². The fraction of sp³-hybridized carbons (Fsp3) is 0.278. The van der Waals surface area contributed by atoms with E-state index in [-0.39, 0.29) is 17.6 Å². The minimum atomic E-state index is -0.0575. The van der Waals surface area contributed by atoms with Gasteiger partial charge in [0, 0.05) is 18.4 Å². The maximum absolute atomic E-state index is 12.7. The highest BCUT2D eigenvalue weighted by Gasteiger charge is 2.32. The molecule has 0 fully saturated rings. The molecule has 1 atom stereocenters. The molecule has 0 saturated heterocycles. The second kappa shape index (κ2) is 6.45. The van der Waals surface area contributed by atoms with E-state index in [0.717, 1.165) is 16.3 Å². The number of carbonyl (C=O) groups is 1. The van der Waals surface area contributed by atoms with Gasteiger partial charge >= 0.3 is 0 Å². The van der Waals surface area contributed by atoms with E-state index in [2.05, 4.69) is 19.9 Å². The standard InChI is InChI=1S/C18H17N5O2S/c1-9-15-12(23-18(19)21-9)6-10(7-13(15)24)16-17(26-8-20-16)11-4-3-5-14(22-11)25-2/h3-5,8,10H,6-7H2,1-2H3,(H2,19,21,23). The normalized spacial score (nSPS) is 16.4. The largest absolute Gasteiger partial charge is 0.481 e. The zero-order valence-electron chi connectivity index (χ0n) is 14.4. The summed E-state index contributed by atoms with van der Waals surface area (Å²) in [4.78, 5) is 31.1. The number of nitrogens with zero attached hydrogens (tertiary/aromatic N) is 4. The second-order valence-electron chi connectivity index (χ2n) is 6.15. The Morgan fingerprint density at radius 1 is 1.23 bits per heavy atom. The Hall–Kier alpha value is -2.87. The van der Waals surface area contributed by atoms with Gasteiger partial charge in [0.2, 0.25) is 11.8 Å². The van der Waals surface area contributed by atoms with Crippen LogP contribution in [-0.2, 0) is 6.42 Å². The molecule has 8 heteroatoms. The molecule has 1 aliphatic rings. The topological polar surface area (TPSA) is 104 Å². The van der Waals surface area contributed by atoms with Crippen LogP contribution in [-0.4, -0.2) is 32.8 Å². The molecule has 3 aromatic rings. The lowest BCUT2D eigenvalue weighted by atomic mass is 9.83. The Morgan fingerprint density at radius 3 is 2.88 bits per heavy atom. The summed E-state index contributed by atoms with van der Waals surface area (Å²) in [6, 6.07) is 5.61. The lowest BCUT2D eigenvalue weighted by molar-refractivity contribution is 0.0961. The molecule has 0 amide bonds. The van der Waals surface area contributed by atoms with Gasteiger partial charge in [0.1, 0.15) is 0 Å². The number of hydrogen-bond donors (Lipinski definition) is 1. The molecule has 3 heterocycles. The fourth-order valence-corrected chi connectivity index (χ4v) is 4.23. The van der Waals surface area contributed by atoms with Crippen LogP contribution in [0.25, 0.3) is 10.6 Å². The first kappa shape index (κ1) is 16.6. The number of pyridine rings is 1. The molecular formula is C18H17N5O2S. The van der Waals surface area contributed by atoms with Gasteiger partial charge in [0.25, 0.3) is 0 Å². The third-order valence-electron chi connectivity index (χ3n) is 4.48. The highest BCUT2D eigenvalue weighted by atomic mass is 32.1. The summed E-state index contributed by atoms with van der Waals surface area (Å²) in [5, 5.41) is 0. The molecular weight excluding hydrogens is 350 g/mol. The first-order valence-electron chi connectivity index (χ1n) is 8.17. The van der Waals surface area contributed by atoms with Crippen LogP contribution in [0.5, 0.6) is 5.88 Å². The van der Waals surface area contributed by atoms with Gasteiger partial charge in [-0.25, -0.2) is 19.9 Å². The summed E-state index contributed by atoms with van der Waals surface area (Å²) in [5.41, 5.74) is 11.2. The van der Waals surface area contributed by atoms with Gasteiger partial charge in [0.05, 0.1) is 45.8 Å². The number of thiazole rings is 1. The van der Waals surface area contributed by atoms with E-state index in [1.165, 1.54) is 11.3 Å². The number of nitrogen functional groups attached to an aromatic ring is 1. The number of carbonyl (C=O) groups excluding carboxylic acids is 1. The van der Waals surface area contributed by atoms with E-state index >= 15 is 0 Å². The van der Waals surface area contributed by atoms with Gasteiger partial charge in [-0.15, -0.1) is 11.3 Å². The molecule has 132 valence electrons. The van der Waals surface area contributed by atoms with Crippen LogP contribution in [0, 0.1) is 6.92 Å². The Labute approximate surface area is 154 Å². The van der Waals surface area contributed by atoms with Crippen LogP contribution in [0.3, 0.4) is 0 Å². The molecule has 0 spiro atoms. The fourth-order valence-electron chi connectivity index (χ4n) is 3.38. The summed E-state index contributed by atoms with van der Waals surface area (Å²) < 4.78 is 5.22. The first-order chi connectivity index (χ1) is 12.6. The Bertz CT molecular complexity index is 1000. The number of aromatic nitrogens is 4. The number of ketones is 1. The number of methoxy groups -OCH3 is 1. The van der Waals surface area contributed by atoms with Gasteiger partial charge in [-0.05, 0) is 19.4 Å². The quantitative estimate of drug-likeness (QED) is 0.759. The number of ether oxygens (including phenoxy) is 1. The van der Waals surface area contributed by atoms with Gasteiger partial charge < -0.3 is 10.5 Å². The van der Waals surface area contributed by atoms with Crippen molar-refractivity contribution < 1.29 is 9.53 Å². The highest BCUT2D eigenvalue weighted by molar-refractivity contribution is 7.13. The van der Waals surface area contributed by atoms with E-state index in [1.807, 2.05) is 12.1 Å². The zero-order valence-corrected chi connectivity index (χ0v) is 15.2. The number of hydrogen-bond acceptors (Lipinski definition) is 8. The SMILES string of the molecule is COc1cccc(-c2scnc2C2CC(=O)c3c(C)nc(N)nc3C2)n1. The lowest BCUT2D eigenvalue weighted by Gasteiger charge is -2.23. The summed E-state index contributed by atoms with van der Waals surface area (Å²) in [6.07, 6.45) is 0.983. The summed E-state index contributed by atoms with van der Waals surface area (Å²) in [6.45, 7) is 1.80. The summed E-state index contributed by atoms with van der Waals surface area (Å²) in [5.74, 6) is 0.718. The first-order valence-corrected chi connectivity index (χ1v) is 9.05. The molecule has 3 aromatic heterocycles. The van der Waals surface area contributed by atoms with Crippen molar-refractivity contribution in [2.75, 3.05) is 12.8 Å². The molecule has 1 aliphatic carbocycles. The number of fused-ring (bicyclic) bond motifs is 1. The van der Waals surface area contributed by atoms with Gasteiger partial charge in [-0.2, -0.15) is 0 Å². The number of aryl methyl sites for hydroxylation is 1. The summed E-state index contributed by atoms with van der Waals surface area (Å²) >= 11 is 1.51. The van der Waals surface area contributed by atoms with Crippen LogP contribution >= 0.6 is 11.3 Å². The van der Waals surface area contributed by atoms with Crippen molar-refractivity contribution >= 4 is 23.1 Å². The minimum Gasteiger partial charge on any atom is -0.481 e. The Balaban J connectivity index is 1.74. The van der Waals surface area contributed by atoms with Gasteiger partial charge in [-0.1, -0.05) is 6.07 Å². The number of rotatable bonds is 3. The van der Waals surface area contributed by atoms with Crippen molar-refractivity contribution in [2.24, 2.45) is 0 Å². The Kier molecular flexibility index (Phi) is 4.12. The molecule has 0 aromatic carbocycles. The number of anilines is 1. The van der Waals surface area contributed by atoms with Crippen molar-refractivity contribution in [3.8, 4) is 16.5 Å². The zero-order chi connectivity index (χ0) is 18.3. The molecule has 2 N–H and O–H groups in total. The van der Waals surface area contributed by atoms with E-state index in [9.17, 15) is 4.79 Å². The van der Waals surface area contributed by atoms with Crippen molar-refractivity contribution in [2.45, 2.75) is 25.7 Å². The molecule has 1 unspecified atom stereocenters. The van der Waals surface area contributed by atoms with Crippen LogP contribution in [0.1, 0.15) is 39.8 Å². The number of nitrogens with two attached hydrogens (primary N) is 1. The van der Waals surface area contributed by atoms with Gasteiger partial charge in [-0.3, -0.25) is 4.79 Å².